The molecule has 8 heteroatoms. The third kappa shape index (κ3) is 3.91. The number of thioether (sulfide) groups is 1. The van der Waals surface area contributed by atoms with Gasteiger partial charge in [-0.15, -0.1) is 11.8 Å². The molecule has 33 heavy (non-hydrogen) atoms. The lowest BCUT2D eigenvalue weighted by Gasteiger charge is -2.40. The van der Waals surface area contributed by atoms with Gasteiger partial charge in [0, 0.05) is 31.2 Å². The Morgan fingerprint density at radius 1 is 1.09 bits per heavy atom. The Bertz CT molecular complexity index is 1270. The molecule has 1 aromatic heterocycles. The smallest absolute Gasteiger partial charge is 0.308 e. The lowest BCUT2D eigenvalue weighted by molar-refractivity contribution is -0.116. The van der Waals surface area contributed by atoms with E-state index < -0.39 is 0 Å². The van der Waals surface area contributed by atoms with E-state index in [1.165, 1.54) is 36.2 Å². The number of thiazole rings is 1. The molecule has 2 fully saturated rings. The number of amides is 1. The second-order valence-electron chi connectivity index (χ2n) is 9.20. The molecule has 2 aliphatic carbocycles. The van der Waals surface area contributed by atoms with Crippen LogP contribution in [0.1, 0.15) is 35.6 Å². The molecular weight excluding hydrogens is 540 g/mol. The maximum Gasteiger partial charge on any atom is 0.308 e. The molecule has 0 saturated heterocycles. The number of anilines is 1. The minimum atomic E-state index is -0.198. The zero-order valence-corrected chi connectivity index (χ0v) is 21.6. The number of benzene rings is 2. The summed E-state index contributed by atoms with van der Waals surface area (Å²) in [5.74, 6) is 2.04. The van der Waals surface area contributed by atoms with Crippen LogP contribution in [0.3, 0.4) is 0 Å². The number of hydrogen-bond acceptors (Lipinski definition) is 4. The number of fused-ring (bicyclic) bond motifs is 6. The first-order valence-corrected chi connectivity index (χ1v) is 14.1. The van der Waals surface area contributed by atoms with E-state index in [2.05, 4.69) is 45.5 Å². The Morgan fingerprint density at radius 2 is 1.82 bits per heavy atom. The monoisotopic (exact) mass is 560 g/mol. The van der Waals surface area contributed by atoms with Crippen LogP contribution >= 0.6 is 50.6 Å². The van der Waals surface area contributed by atoms with Crippen molar-refractivity contribution in [2.45, 2.75) is 42.0 Å². The van der Waals surface area contributed by atoms with Gasteiger partial charge < -0.3 is 5.32 Å². The highest BCUT2D eigenvalue weighted by Crippen LogP contribution is 2.64. The second kappa shape index (κ2) is 8.59. The zero-order valence-electron chi connectivity index (χ0n) is 17.7. The van der Waals surface area contributed by atoms with Gasteiger partial charge in [-0.3, -0.25) is 14.2 Å². The van der Waals surface area contributed by atoms with Crippen LogP contribution in [0.15, 0.2) is 62.8 Å². The summed E-state index contributed by atoms with van der Waals surface area (Å²) in [7, 11) is 0. The predicted molar refractivity (Wildman–Crippen MR) is 139 cm³/mol. The molecule has 4 nitrogen and oxygen atoms in total. The summed E-state index contributed by atoms with van der Waals surface area (Å²) in [5.41, 5.74) is 1.96. The van der Waals surface area contributed by atoms with Gasteiger partial charge in [-0.1, -0.05) is 51.0 Å². The van der Waals surface area contributed by atoms with E-state index in [-0.39, 0.29) is 23.2 Å². The van der Waals surface area contributed by atoms with Gasteiger partial charge in [0.15, 0.2) is 0 Å². The van der Waals surface area contributed by atoms with Gasteiger partial charge in [-0.2, -0.15) is 0 Å². The number of rotatable bonds is 4. The van der Waals surface area contributed by atoms with Crippen molar-refractivity contribution in [1.82, 2.24) is 4.57 Å². The van der Waals surface area contributed by atoms with Crippen molar-refractivity contribution in [1.29, 1.82) is 0 Å². The number of hydrogen-bond donors (Lipinski definition) is 1. The summed E-state index contributed by atoms with van der Waals surface area (Å²) in [5, 5.41) is 5.03. The molecule has 170 valence electrons. The predicted octanol–water partition coefficient (Wildman–Crippen LogP) is 6.62. The minimum absolute atomic E-state index is 0.0266. The molecule has 4 unspecified atom stereocenters. The highest BCUT2D eigenvalue weighted by molar-refractivity contribution is 9.10. The van der Waals surface area contributed by atoms with Gasteiger partial charge in [0.1, 0.15) is 6.54 Å². The highest BCUT2D eigenvalue weighted by atomic mass is 79.9. The Balaban J connectivity index is 1.36. The van der Waals surface area contributed by atoms with E-state index in [1.807, 2.05) is 11.8 Å². The Kier molecular flexibility index (Phi) is 5.72. The van der Waals surface area contributed by atoms with Gasteiger partial charge in [0.05, 0.1) is 5.03 Å². The molecule has 0 radical (unpaired) electrons. The van der Waals surface area contributed by atoms with Crippen molar-refractivity contribution in [3.05, 3.63) is 78.1 Å². The molecule has 2 saturated carbocycles. The van der Waals surface area contributed by atoms with E-state index in [4.69, 9.17) is 11.6 Å². The quantitative estimate of drug-likeness (QED) is 0.390. The van der Waals surface area contributed by atoms with E-state index in [1.54, 1.807) is 28.8 Å². The zero-order chi connectivity index (χ0) is 22.7. The van der Waals surface area contributed by atoms with E-state index >= 15 is 0 Å². The standard InChI is InChI=1S/C25H22BrClN2O2S2/c26-16-5-3-13(4-6-16)20-21-14-1-2-15(11-14)22(21)32-24-23(20)33-25(31)29(24)12-19(30)28-18-9-7-17(27)8-10-18/h3-10,14-15,20-22H,1-2,11-12H2,(H,28,30)/t14?,15?,20-,21?,22?/m1/s1. The molecular formula is C25H22BrClN2O2S2. The number of aromatic nitrogens is 1. The third-order valence-electron chi connectivity index (χ3n) is 7.35. The van der Waals surface area contributed by atoms with E-state index in [0.29, 0.717) is 27.8 Å². The second-order valence-corrected chi connectivity index (χ2v) is 12.7. The van der Waals surface area contributed by atoms with Crippen molar-refractivity contribution in [2.75, 3.05) is 5.32 Å². The first kappa shape index (κ1) is 22.0. The normalized spacial score (nSPS) is 27.3. The fourth-order valence-electron chi connectivity index (χ4n) is 6.01. The summed E-state index contributed by atoms with van der Waals surface area (Å²) in [4.78, 5) is 27.1. The SMILES string of the molecule is O=C(Cn1c2c(sc1=O)[C@H](c1ccc(Br)cc1)C1C3CCC(C3)C1S2)Nc1ccc(Cl)cc1. The first-order valence-electron chi connectivity index (χ1n) is 11.2. The average molecular weight is 562 g/mol. The average Bonchev–Trinajstić information content (AvgIpc) is 3.49. The lowest BCUT2D eigenvalue weighted by atomic mass is 9.75. The largest absolute Gasteiger partial charge is 0.325 e. The molecule has 3 aliphatic rings. The Labute approximate surface area is 213 Å². The minimum Gasteiger partial charge on any atom is -0.325 e. The van der Waals surface area contributed by atoms with Crippen molar-refractivity contribution in [2.24, 2.45) is 17.8 Å². The molecule has 2 heterocycles. The number of carbonyl (C=O) groups is 1. The van der Waals surface area contributed by atoms with Crippen LogP contribution in [-0.2, 0) is 11.3 Å². The molecule has 6 rings (SSSR count). The fourth-order valence-corrected chi connectivity index (χ4v) is 9.55. The number of carbonyl (C=O) groups excluding carboxylic acids is 1. The number of halogens is 2. The van der Waals surface area contributed by atoms with Crippen LogP contribution in [0.5, 0.6) is 0 Å². The van der Waals surface area contributed by atoms with Gasteiger partial charge in [-0.25, -0.2) is 0 Å². The number of nitrogens with zero attached hydrogens (tertiary/aromatic N) is 1. The Morgan fingerprint density at radius 3 is 2.58 bits per heavy atom. The first-order chi connectivity index (χ1) is 16.0. The van der Waals surface area contributed by atoms with Crippen molar-refractivity contribution < 1.29 is 4.79 Å². The Hall–Kier alpha value is -1.54. The molecule has 1 amide bonds. The summed E-state index contributed by atoms with van der Waals surface area (Å²) in [6, 6.07) is 15.6. The van der Waals surface area contributed by atoms with Gasteiger partial charge in [0.25, 0.3) is 0 Å². The molecule has 5 atom stereocenters. The van der Waals surface area contributed by atoms with Crippen LogP contribution in [0.2, 0.25) is 5.02 Å². The van der Waals surface area contributed by atoms with Gasteiger partial charge in [-0.05, 0) is 79.0 Å². The van der Waals surface area contributed by atoms with Gasteiger partial charge >= 0.3 is 4.87 Å². The molecule has 2 bridgehead atoms. The molecule has 1 aliphatic heterocycles. The number of nitrogens with one attached hydrogen (secondary N) is 1. The van der Waals surface area contributed by atoms with E-state index in [0.717, 1.165) is 20.3 Å². The van der Waals surface area contributed by atoms with Crippen LogP contribution in [0, 0.1) is 17.8 Å². The molecule has 2 aromatic carbocycles. The van der Waals surface area contributed by atoms with Crippen LogP contribution in [0.4, 0.5) is 5.69 Å². The van der Waals surface area contributed by atoms with Gasteiger partial charge in [0.2, 0.25) is 5.91 Å². The summed E-state index contributed by atoms with van der Waals surface area (Å²) >= 11 is 12.7. The van der Waals surface area contributed by atoms with Crippen molar-refractivity contribution >= 4 is 62.2 Å². The van der Waals surface area contributed by atoms with E-state index in [9.17, 15) is 9.59 Å². The maximum absolute atomic E-state index is 13.1. The van der Waals surface area contributed by atoms with Crippen LogP contribution in [-0.4, -0.2) is 15.7 Å². The van der Waals surface area contributed by atoms with Crippen LogP contribution in [0.25, 0.3) is 0 Å². The highest BCUT2D eigenvalue weighted by Gasteiger charge is 2.55. The lowest BCUT2D eigenvalue weighted by Crippen LogP contribution is -2.34. The summed E-state index contributed by atoms with van der Waals surface area (Å²) in [6.45, 7) is 0.0266. The molecule has 3 aromatic rings. The molecule has 1 N–H and O–H groups in total. The molecule has 0 spiro atoms. The topological polar surface area (TPSA) is 51.1 Å². The van der Waals surface area contributed by atoms with Crippen molar-refractivity contribution in [3.8, 4) is 0 Å². The fraction of sp³-hybridized carbons (Fsp3) is 0.360. The van der Waals surface area contributed by atoms with Crippen molar-refractivity contribution in [3.63, 3.8) is 0 Å². The third-order valence-corrected chi connectivity index (χ3v) is 11.0. The summed E-state index contributed by atoms with van der Waals surface area (Å²) in [6.07, 6.45) is 3.88. The maximum atomic E-state index is 13.1. The summed E-state index contributed by atoms with van der Waals surface area (Å²) < 4.78 is 2.76. The van der Waals surface area contributed by atoms with Crippen LogP contribution < -0.4 is 10.2 Å².